The van der Waals surface area contributed by atoms with E-state index in [2.05, 4.69) is 0 Å². The first-order valence-electron chi connectivity index (χ1n) is 7.60. The lowest BCUT2D eigenvalue weighted by molar-refractivity contribution is 0.471. The largest absolute Gasteiger partial charge is 0.503 e. The van der Waals surface area contributed by atoms with E-state index < -0.39 is 16.7 Å². The number of nitrogens with zero attached hydrogens (tertiary/aromatic N) is 2. The van der Waals surface area contributed by atoms with Gasteiger partial charge in [-0.2, -0.15) is 0 Å². The number of aromatic hydroxyl groups is 1. The van der Waals surface area contributed by atoms with Crippen molar-refractivity contribution in [1.82, 2.24) is 8.97 Å². The second kappa shape index (κ2) is 6.17. The fraction of sp³-hybridized carbons (Fsp3) is 0.222. The van der Waals surface area contributed by atoms with Gasteiger partial charge in [-0.1, -0.05) is 37.6 Å². The Hall–Kier alpha value is -2.53. The third-order valence-corrected chi connectivity index (χ3v) is 4.17. The molecular weight excluding hydrogens is 328 g/mol. The summed E-state index contributed by atoms with van der Waals surface area (Å²) in [6.45, 7) is 4.27. The molecule has 0 radical (unpaired) electrons. The quantitative estimate of drug-likeness (QED) is 0.794. The third kappa shape index (κ3) is 2.83. The summed E-state index contributed by atoms with van der Waals surface area (Å²) in [6, 6.07) is 8.49. The normalized spacial score (nSPS) is 11.3. The van der Waals surface area contributed by atoms with Crippen LogP contribution in [0.4, 0.5) is 0 Å². The minimum atomic E-state index is -0.567. The van der Waals surface area contributed by atoms with E-state index in [1.165, 1.54) is 16.8 Å². The molecule has 0 amide bonds. The molecule has 3 aromatic rings. The van der Waals surface area contributed by atoms with Gasteiger partial charge in [0.2, 0.25) is 5.43 Å². The highest BCUT2D eigenvalue weighted by molar-refractivity contribution is 6.30. The zero-order valence-electron chi connectivity index (χ0n) is 13.4. The summed E-state index contributed by atoms with van der Waals surface area (Å²) < 4.78 is 3.08. The molecule has 2 heterocycles. The molecule has 0 aliphatic rings. The summed E-state index contributed by atoms with van der Waals surface area (Å²) in [6.07, 6.45) is 3.28. The average molecular weight is 345 g/mol. The molecule has 1 N–H and O–H groups in total. The monoisotopic (exact) mass is 344 g/mol. The number of fused-ring (bicyclic) bond motifs is 1. The first kappa shape index (κ1) is 16.3. The third-order valence-electron chi connectivity index (χ3n) is 3.94. The van der Waals surface area contributed by atoms with Crippen LogP contribution in [-0.4, -0.2) is 14.1 Å². The molecule has 0 bridgehead atoms. The Morgan fingerprint density at radius 3 is 2.62 bits per heavy atom. The van der Waals surface area contributed by atoms with Gasteiger partial charge in [0, 0.05) is 29.2 Å². The van der Waals surface area contributed by atoms with Crippen LogP contribution in [0.15, 0.2) is 52.3 Å². The summed E-state index contributed by atoms with van der Waals surface area (Å²) in [5.41, 5.74) is 0.691. The van der Waals surface area contributed by atoms with Crippen molar-refractivity contribution in [1.29, 1.82) is 0 Å². The zero-order valence-corrected chi connectivity index (χ0v) is 14.1. The summed E-state index contributed by atoms with van der Waals surface area (Å²) in [4.78, 5) is 24.5. The number of benzene rings is 1. The molecule has 0 fully saturated rings. The van der Waals surface area contributed by atoms with Gasteiger partial charge in [0.25, 0.3) is 5.56 Å². The van der Waals surface area contributed by atoms with Crippen molar-refractivity contribution >= 4 is 17.1 Å². The van der Waals surface area contributed by atoms with Crippen molar-refractivity contribution in [2.75, 3.05) is 0 Å². The molecule has 124 valence electrons. The highest BCUT2D eigenvalue weighted by Crippen LogP contribution is 2.19. The Morgan fingerprint density at radius 1 is 1.21 bits per heavy atom. The fourth-order valence-electron chi connectivity index (χ4n) is 2.74. The van der Waals surface area contributed by atoms with E-state index in [1.807, 2.05) is 26.0 Å². The number of hydrogen-bond acceptors (Lipinski definition) is 3. The van der Waals surface area contributed by atoms with Gasteiger partial charge in [-0.05, 0) is 23.6 Å². The molecule has 3 rings (SSSR count). The van der Waals surface area contributed by atoms with E-state index in [1.54, 1.807) is 22.7 Å². The predicted molar refractivity (Wildman–Crippen MR) is 94.2 cm³/mol. The summed E-state index contributed by atoms with van der Waals surface area (Å²) in [5, 5.41) is 10.7. The van der Waals surface area contributed by atoms with Gasteiger partial charge in [0.15, 0.2) is 11.3 Å². The van der Waals surface area contributed by atoms with E-state index in [0.717, 1.165) is 11.3 Å². The van der Waals surface area contributed by atoms with Crippen LogP contribution in [0.3, 0.4) is 0 Å². The smallest absolute Gasteiger partial charge is 0.279 e. The molecule has 0 saturated heterocycles. The van der Waals surface area contributed by atoms with Crippen LogP contribution in [-0.2, 0) is 6.54 Å². The Morgan fingerprint density at radius 2 is 1.96 bits per heavy atom. The minimum Gasteiger partial charge on any atom is -0.503 e. The molecule has 5 nitrogen and oxygen atoms in total. The topological polar surface area (TPSA) is 63.7 Å². The molecule has 0 saturated carbocycles. The number of hydrogen-bond donors (Lipinski definition) is 1. The Labute approximate surface area is 143 Å². The van der Waals surface area contributed by atoms with E-state index in [0.29, 0.717) is 11.6 Å². The van der Waals surface area contributed by atoms with Crippen molar-refractivity contribution in [3.05, 3.63) is 79.6 Å². The van der Waals surface area contributed by atoms with Gasteiger partial charge in [-0.3, -0.25) is 9.59 Å². The van der Waals surface area contributed by atoms with Crippen LogP contribution in [0.2, 0.25) is 5.02 Å². The standard InChI is InChI=1S/C18H17ClN2O3/c1-11(2)14-10-20(9-12-4-3-5-13(19)8-12)18(24)16-17(23)15(22)6-7-21(14)16/h3-8,10-11,23H,9H2,1-2H3. The van der Waals surface area contributed by atoms with Crippen LogP contribution in [0.25, 0.3) is 5.52 Å². The number of pyridine rings is 1. The van der Waals surface area contributed by atoms with Gasteiger partial charge < -0.3 is 14.1 Å². The van der Waals surface area contributed by atoms with E-state index in [9.17, 15) is 14.7 Å². The SMILES string of the molecule is CC(C)c1cn(Cc2cccc(Cl)c2)c(=O)c2c(O)c(=O)ccn12. The molecular formula is C18H17ClN2O3. The molecule has 0 aliphatic carbocycles. The van der Waals surface area contributed by atoms with E-state index in [4.69, 9.17) is 11.6 Å². The van der Waals surface area contributed by atoms with Gasteiger partial charge in [0.05, 0.1) is 6.54 Å². The van der Waals surface area contributed by atoms with Gasteiger partial charge in [0.1, 0.15) is 0 Å². The Kier molecular flexibility index (Phi) is 4.20. The van der Waals surface area contributed by atoms with Crippen molar-refractivity contribution in [2.45, 2.75) is 26.3 Å². The maximum Gasteiger partial charge on any atom is 0.279 e. The van der Waals surface area contributed by atoms with Crippen molar-refractivity contribution in [3.8, 4) is 5.75 Å². The maximum absolute atomic E-state index is 12.8. The van der Waals surface area contributed by atoms with Crippen LogP contribution in [0, 0.1) is 0 Å². The first-order chi connectivity index (χ1) is 11.4. The molecule has 24 heavy (non-hydrogen) atoms. The lowest BCUT2D eigenvalue weighted by Gasteiger charge is -2.16. The van der Waals surface area contributed by atoms with Gasteiger partial charge >= 0.3 is 0 Å². The highest BCUT2D eigenvalue weighted by Gasteiger charge is 2.15. The van der Waals surface area contributed by atoms with Crippen LogP contribution < -0.4 is 11.0 Å². The van der Waals surface area contributed by atoms with E-state index >= 15 is 0 Å². The second-order valence-electron chi connectivity index (χ2n) is 6.02. The highest BCUT2D eigenvalue weighted by atomic mass is 35.5. The summed E-state index contributed by atoms with van der Waals surface area (Å²) in [5.74, 6) is -0.426. The maximum atomic E-state index is 12.8. The number of rotatable bonds is 3. The van der Waals surface area contributed by atoms with Gasteiger partial charge in [-0.25, -0.2) is 0 Å². The summed E-state index contributed by atoms with van der Waals surface area (Å²) >= 11 is 6.00. The zero-order chi connectivity index (χ0) is 17.4. The number of halogens is 1. The van der Waals surface area contributed by atoms with Crippen molar-refractivity contribution in [3.63, 3.8) is 0 Å². The van der Waals surface area contributed by atoms with Crippen molar-refractivity contribution < 1.29 is 5.11 Å². The Bertz CT molecular complexity index is 1030. The molecule has 6 heteroatoms. The Balaban J connectivity index is 2.29. The molecule has 1 aromatic carbocycles. The second-order valence-corrected chi connectivity index (χ2v) is 6.46. The van der Waals surface area contributed by atoms with Crippen LogP contribution in [0.1, 0.15) is 31.0 Å². The molecule has 0 aliphatic heterocycles. The van der Waals surface area contributed by atoms with E-state index in [-0.39, 0.29) is 11.4 Å². The molecule has 0 atom stereocenters. The average Bonchev–Trinajstić information content (AvgIpc) is 2.53. The van der Waals surface area contributed by atoms with Gasteiger partial charge in [-0.15, -0.1) is 0 Å². The predicted octanol–water partition coefficient (Wildman–Crippen LogP) is 2.99. The molecule has 2 aromatic heterocycles. The number of aromatic nitrogens is 2. The fourth-order valence-corrected chi connectivity index (χ4v) is 2.95. The van der Waals surface area contributed by atoms with Crippen LogP contribution >= 0.6 is 11.6 Å². The lowest BCUT2D eigenvalue weighted by Crippen LogP contribution is -2.26. The minimum absolute atomic E-state index is 0.00396. The first-order valence-corrected chi connectivity index (χ1v) is 7.98. The summed E-state index contributed by atoms with van der Waals surface area (Å²) in [7, 11) is 0. The lowest BCUT2D eigenvalue weighted by atomic mass is 10.1. The molecule has 0 unspecified atom stereocenters. The molecule has 0 spiro atoms. The van der Waals surface area contributed by atoms with Crippen molar-refractivity contribution in [2.24, 2.45) is 0 Å². The van der Waals surface area contributed by atoms with Crippen LogP contribution in [0.5, 0.6) is 5.75 Å².